The zero-order valence-electron chi connectivity index (χ0n) is 7.17. The normalized spacial score (nSPS) is 9.69. The zero-order chi connectivity index (χ0) is 9.84. The number of carbonyl (C=O) groups excluding carboxylic acids is 1. The Morgan fingerprint density at radius 1 is 1.77 bits per heavy atom. The lowest BCUT2D eigenvalue weighted by Crippen LogP contribution is -2.23. The molecule has 0 aliphatic carbocycles. The molecule has 0 fully saturated rings. The number of anilines is 1. The number of pyridine rings is 1. The molecule has 3 N–H and O–H groups in total. The topological polar surface area (TPSA) is 68.0 Å². The number of aromatic nitrogens is 1. The van der Waals surface area contributed by atoms with Gasteiger partial charge in [0.15, 0.2) is 0 Å². The summed E-state index contributed by atoms with van der Waals surface area (Å²) in [5.41, 5.74) is 6.23. The molecule has 0 unspecified atom stereocenters. The molecule has 0 aliphatic rings. The number of nitrogens with zero attached hydrogens (tertiary/aromatic N) is 1. The molecule has 0 bridgehead atoms. The SMILES string of the molecule is CCNC(=O)c1cc(Cl)ncc1N. The molecule has 1 amide bonds. The fraction of sp³-hybridized carbons (Fsp3) is 0.250. The molecule has 0 atom stereocenters. The van der Waals surface area contributed by atoms with Crippen LogP contribution in [0.2, 0.25) is 5.15 Å². The third kappa shape index (κ3) is 2.32. The van der Waals surface area contributed by atoms with Crippen LogP contribution in [-0.4, -0.2) is 17.4 Å². The molecule has 1 aromatic rings. The molecule has 0 saturated heterocycles. The van der Waals surface area contributed by atoms with E-state index in [1.807, 2.05) is 6.92 Å². The second kappa shape index (κ2) is 4.09. The van der Waals surface area contributed by atoms with Gasteiger partial charge in [0, 0.05) is 6.54 Å². The number of nitrogens with two attached hydrogens (primary N) is 1. The molecule has 70 valence electrons. The molecule has 0 radical (unpaired) electrons. The van der Waals surface area contributed by atoms with Crippen LogP contribution in [0.4, 0.5) is 5.69 Å². The van der Waals surface area contributed by atoms with E-state index < -0.39 is 0 Å². The Kier molecular flexibility index (Phi) is 3.08. The fourth-order valence-corrected chi connectivity index (χ4v) is 1.05. The van der Waals surface area contributed by atoms with Crippen LogP contribution in [0.25, 0.3) is 0 Å². The largest absolute Gasteiger partial charge is 0.397 e. The first kappa shape index (κ1) is 9.80. The van der Waals surface area contributed by atoms with Gasteiger partial charge in [-0.2, -0.15) is 0 Å². The summed E-state index contributed by atoms with van der Waals surface area (Å²) in [6, 6.07) is 1.45. The van der Waals surface area contributed by atoms with Gasteiger partial charge in [-0.1, -0.05) is 11.6 Å². The van der Waals surface area contributed by atoms with Gasteiger partial charge < -0.3 is 11.1 Å². The lowest BCUT2D eigenvalue weighted by Gasteiger charge is -2.04. The van der Waals surface area contributed by atoms with E-state index in [-0.39, 0.29) is 11.1 Å². The molecular formula is C8H10ClN3O. The molecular weight excluding hydrogens is 190 g/mol. The van der Waals surface area contributed by atoms with E-state index in [4.69, 9.17) is 17.3 Å². The summed E-state index contributed by atoms with van der Waals surface area (Å²) < 4.78 is 0. The quantitative estimate of drug-likeness (QED) is 0.700. The molecule has 1 heterocycles. The Labute approximate surface area is 81.1 Å². The maximum Gasteiger partial charge on any atom is 0.253 e. The first-order valence-corrected chi connectivity index (χ1v) is 4.22. The Hall–Kier alpha value is -1.29. The average molecular weight is 200 g/mol. The summed E-state index contributed by atoms with van der Waals surface area (Å²) in [6.45, 7) is 2.38. The molecule has 5 heteroatoms. The van der Waals surface area contributed by atoms with E-state index in [0.717, 1.165) is 0 Å². The maximum atomic E-state index is 11.3. The minimum atomic E-state index is -0.232. The van der Waals surface area contributed by atoms with Gasteiger partial charge in [-0.25, -0.2) is 4.98 Å². The van der Waals surface area contributed by atoms with Gasteiger partial charge in [0.05, 0.1) is 17.4 Å². The van der Waals surface area contributed by atoms with Crippen LogP contribution in [0.3, 0.4) is 0 Å². The van der Waals surface area contributed by atoms with Gasteiger partial charge in [-0.15, -0.1) is 0 Å². The molecule has 0 saturated carbocycles. The monoisotopic (exact) mass is 199 g/mol. The number of hydrogen-bond donors (Lipinski definition) is 2. The van der Waals surface area contributed by atoms with E-state index in [2.05, 4.69) is 10.3 Å². The van der Waals surface area contributed by atoms with Crippen LogP contribution < -0.4 is 11.1 Å². The van der Waals surface area contributed by atoms with E-state index in [1.165, 1.54) is 12.3 Å². The third-order valence-electron chi connectivity index (χ3n) is 1.48. The van der Waals surface area contributed by atoms with Gasteiger partial charge >= 0.3 is 0 Å². The molecule has 0 aliphatic heterocycles. The zero-order valence-corrected chi connectivity index (χ0v) is 7.93. The highest BCUT2D eigenvalue weighted by molar-refractivity contribution is 6.29. The first-order chi connectivity index (χ1) is 6.15. The molecule has 0 aromatic carbocycles. The van der Waals surface area contributed by atoms with Gasteiger partial charge in [0.25, 0.3) is 5.91 Å². The molecule has 1 aromatic heterocycles. The molecule has 13 heavy (non-hydrogen) atoms. The third-order valence-corrected chi connectivity index (χ3v) is 1.69. The molecule has 0 spiro atoms. The van der Waals surface area contributed by atoms with Crippen LogP contribution in [0.5, 0.6) is 0 Å². The molecule has 1 rings (SSSR count). The summed E-state index contributed by atoms with van der Waals surface area (Å²) in [5, 5.41) is 2.88. The average Bonchev–Trinajstić information content (AvgIpc) is 2.09. The highest BCUT2D eigenvalue weighted by Gasteiger charge is 2.09. The fourth-order valence-electron chi connectivity index (χ4n) is 0.893. The van der Waals surface area contributed by atoms with Crippen molar-refractivity contribution >= 4 is 23.2 Å². The highest BCUT2D eigenvalue weighted by Crippen LogP contribution is 2.14. The Bertz CT molecular complexity index is 327. The Morgan fingerprint density at radius 2 is 2.46 bits per heavy atom. The Balaban J connectivity index is 2.99. The number of nitrogen functional groups attached to an aromatic ring is 1. The second-order valence-corrected chi connectivity index (χ2v) is 2.84. The number of hydrogen-bond acceptors (Lipinski definition) is 3. The number of halogens is 1. The lowest BCUT2D eigenvalue weighted by molar-refractivity contribution is 0.0956. The van der Waals surface area contributed by atoms with Crippen LogP contribution in [0.1, 0.15) is 17.3 Å². The van der Waals surface area contributed by atoms with E-state index in [0.29, 0.717) is 17.8 Å². The summed E-state index contributed by atoms with van der Waals surface area (Å²) in [4.78, 5) is 15.1. The van der Waals surface area contributed by atoms with Gasteiger partial charge in [0.1, 0.15) is 5.15 Å². The minimum Gasteiger partial charge on any atom is -0.397 e. The lowest BCUT2D eigenvalue weighted by atomic mass is 10.2. The van der Waals surface area contributed by atoms with Crippen molar-refractivity contribution in [1.82, 2.24) is 10.3 Å². The van der Waals surface area contributed by atoms with Crippen molar-refractivity contribution in [3.63, 3.8) is 0 Å². The van der Waals surface area contributed by atoms with Crippen LogP contribution >= 0.6 is 11.6 Å². The maximum absolute atomic E-state index is 11.3. The van der Waals surface area contributed by atoms with Crippen molar-refractivity contribution in [3.05, 3.63) is 23.0 Å². The number of amides is 1. The van der Waals surface area contributed by atoms with Gasteiger partial charge in [0.2, 0.25) is 0 Å². The van der Waals surface area contributed by atoms with Crippen LogP contribution in [0.15, 0.2) is 12.3 Å². The first-order valence-electron chi connectivity index (χ1n) is 3.84. The number of carbonyl (C=O) groups is 1. The van der Waals surface area contributed by atoms with Crippen LogP contribution in [0, 0.1) is 0 Å². The standard InChI is InChI=1S/C8H10ClN3O/c1-2-11-8(13)5-3-7(9)12-4-6(5)10/h3-4H,2,10H2,1H3,(H,11,13). The van der Waals surface area contributed by atoms with Crippen LogP contribution in [-0.2, 0) is 0 Å². The Morgan fingerprint density at radius 3 is 3.08 bits per heavy atom. The van der Waals surface area contributed by atoms with Crippen molar-refractivity contribution < 1.29 is 4.79 Å². The minimum absolute atomic E-state index is 0.232. The predicted octanol–water partition coefficient (Wildman–Crippen LogP) is 1.07. The number of nitrogens with one attached hydrogen (secondary N) is 1. The van der Waals surface area contributed by atoms with Crippen molar-refractivity contribution in [2.75, 3.05) is 12.3 Å². The van der Waals surface area contributed by atoms with Crippen molar-refractivity contribution in [2.45, 2.75) is 6.92 Å². The van der Waals surface area contributed by atoms with Crippen molar-refractivity contribution in [3.8, 4) is 0 Å². The highest BCUT2D eigenvalue weighted by atomic mass is 35.5. The summed E-state index contributed by atoms with van der Waals surface area (Å²) in [5.74, 6) is -0.232. The second-order valence-electron chi connectivity index (χ2n) is 2.45. The van der Waals surface area contributed by atoms with Crippen molar-refractivity contribution in [2.24, 2.45) is 0 Å². The predicted molar refractivity (Wildman–Crippen MR) is 51.7 cm³/mol. The van der Waals surface area contributed by atoms with E-state index in [1.54, 1.807) is 0 Å². The van der Waals surface area contributed by atoms with Crippen molar-refractivity contribution in [1.29, 1.82) is 0 Å². The molecule has 4 nitrogen and oxygen atoms in total. The summed E-state index contributed by atoms with van der Waals surface area (Å²) >= 11 is 5.61. The van der Waals surface area contributed by atoms with E-state index >= 15 is 0 Å². The van der Waals surface area contributed by atoms with E-state index in [9.17, 15) is 4.79 Å². The smallest absolute Gasteiger partial charge is 0.253 e. The summed E-state index contributed by atoms with van der Waals surface area (Å²) in [7, 11) is 0. The summed E-state index contributed by atoms with van der Waals surface area (Å²) in [6.07, 6.45) is 1.37. The van der Waals surface area contributed by atoms with Gasteiger partial charge in [-0.3, -0.25) is 4.79 Å². The van der Waals surface area contributed by atoms with Gasteiger partial charge in [-0.05, 0) is 13.0 Å². The number of rotatable bonds is 2.